The molecular formula is C7H14O4S2-2. The summed E-state index contributed by atoms with van der Waals surface area (Å²) in [7, 11) is 0. The zero-order valence-corrected chi connectivity index (χ0v) is 9.36. The van der Waals surface area contributed by atoms with E-state index in [9.17, 15) is 17.5 Å². The molecule has 0 aliphatic rings. The van der Waals surface area contributed by atoms with Gasteiger partial charge in [0.15, 0.2) is 0 Å². The first-order chi connectivity index (χ1) is 6.02. The Morgan fingerprint density at radius 3 is 1.46 bits per heavy atom. The van der Waals surface area contributed by atoms with Gasteiger partial charge in [-0.25, -0.2) is 0 Å². The van der Waals surface area contributed by atoms with E-state index in [2.05, 4.69) is 0 Å². The zero-order valence-electron chi connectivity index (χ0n) is 7.73. The molecule has 0 saturated carbocycles. The number of hydrogen-bond donors (Lipinski definition) is 0. The van der Waals surface area contributed by atoms with Crippen molar-refractivity contribution in [2.24, 2.45) is 0 Å². The Hall–Kier alpha value is 0.220. The summed E-state index contributed by atoms with van der Waals surface area (Å²) in [5.41, 5.74) is 0. The molecule has 13 heavy (non-hydrogen) atoms. The largest absolute Gasteiger partial charge is 0.772 e. The third-order valence-electron chi connectivity index (χ3n) is 1.98. The van der Waals surface area contributed by atoms with Crippen molar-refractivity contribution in [3.05, 3.63) is 0 Å². The molecule has 0 heterocycles. The maximum Gasteiger partial charge on any atom is 0.0224 e. The highest BCUT2D eigenvalue weighted by molar-refractivity contribution is 7.80. The molecule has 80 valence electrons. The third kappa shape index (κ3) is 4.85. The van der Waals surface area contributed by atoms with Crippen LogP contribution in [0.5, 0.6) is 0 Å². The fraction of sp³-hybridized carbons (Fsp3) is 1.00. The van der Waals surface area contributed by atoms with Crippen LogP contribution in [0.25, 0.3) is 0 Å². The summed E-state index contributed by atoms with van der Waals surface area (Å²) in [5, 5.41) is -1.08. The van der Waals surface area contributed by atoms with E-state index in [4.69, 9.17) is 0 Å². The molecule has 0 amide bonds. The van der Waals surface area contributed by atoms with Crippen molar-refractivity contribution in [2.45, 2.75) is 43.6 Å². The Bertz CT molecular complexity index is 175. The minimum Gasteiger partial charge on any atom is -0.772 e. The van der Waals surface area contributed by atoms with Crippen LogP contribution in [0.4, 0.5) is 0 Å². The van der Waals surface area contributed by atoms with Crippen molar-refractivity contribution in [3.63, 3.8) is 0 Å². The van der Waals surface area contributed by atoms with Gasteiger partial charge in [0.2, 0.25) is 0 Å². The van der Waals surface area contributed by atoms with Crippen LogP contribution in [0.3, 0.4) is 0 Å². The molecule has 0 fully saturated rings. The molecule has 4 atom stereocenters. The monoisotopic (exact) mass is 226 g/mol. The van der Waals surface area contributed by atoms with Crippen molar-refractivity contribution in [2.75, 3.05) is 0 Å². The molecule has 0 radical (unpaired) electrons. The lowest BCUT2D eigenvalue weighted by Gasteiger charge is -2.24. The van der Waals surface area contributed by atoms with Gasteiger partial charge in [0.05, 0.1) is 0 Å². The van der Waals surface area contributed by atoms with Gasteiger partial charge in [-0.3, -0.25) is 8.42 Å². The van der Waals surface area contributed by atoms with Crippen LogP contribution >= 0.6 is 0 Å². The predicted molar refractivity (Wildman–Crippen MR) is 50.6 cm³/mol. The normalized spacial score (nSPS) is 20.6. The van der Waals surface area contributed by atoms with Crippen LogP contribution in [-0.2, 0) is 22.2 Å². The summed E-state index contributed by atoms with van der Waals surface area (Å²) in [4.78, 5) is 0. The maximum absolute atomic E-state index is 10.6. The summed E-state index contributed by atoms with van der Waals surface area (Å²) in [6.07, 6.45) is 1.13. The van der Waals surface area contributed by atoms with Gasteiger partial charge in [-0.1, -0.05) is 36.0 Å². The molecule has 0 aromatic rings. The second kappa shape index (κ2) is 6.64. The lowest BCUT2D eigenvalue weighted by atomic mass is 10.1. The van der Waals surface area contributed by atoms with E-state index in [-0.39, 0.29) is 6.42 Å². The zero-order chi connectivity index (χ0) is 10.4. The molecule has 0 aromatic heterocycles. The highest BCUT2D eigenvalue weighted by Gasteiger charge is 2.14. The average Bonchev–Trinajstić information content (AvgIpc) is 2.05. The van der Waals surface area contributed by atoms with E-state index in [1.807, 2.05) is 0 Å². The Labute approximate surface area is 83.7 Å². The van der Waals surface area contributed by atoms with E-state index in [1.54, 1.807) is 13.8 Å². The van der Waals surface area contributed by atoms with Crippen molar-refractivity contribution < 1.29 is 17.5 Å². The van der Waals surface area contributed by atoms with Crippen LogP contribution in [0.1, 0.15) is 33.1 Å². The number of rotatable bonds is 6. The van der Waals surface area contributed by atoms with Gasteiger partial charge >= 0.3 is 0 Å². The number of hydrogen-bond acceptors (Lipinski definition) is 4. The average molecular weight is 226 g/mol. The van der Waals surface area contributed by atoms with E-state index in [0.29, 0.717) is 12.8 Å². The fourth-order valence-electron chi connectivity index (χ4n) is 1.06. The van der Waals surface area contributed by atoms with Crippen LogP contribution in [0.2, 0.25) is 0 Å². The van der Waals surface area contributed by atoms with Gasteiger partial charge in [0.25, 0.3) is 0 Å². The Kier molecular flexibility index (Phi) is 6.75. The van der Waals surface area contributed by atoms with Crippen molar-refractivity contribution in [1.29, 1.82) is 0 Å². The van der Waals surface area contributed by atoms with Crippen molar-refractivity contribution in [1.82, 2.24) is 0 Å². The smallest absolute Gasteiger partial charge is 0.0224 e. The molecule has 4 nitrogen and oxygen atoms in total. The molecule has 0 N–H and O–H groups in total. The molecular weight excluding hydrogens is 212 g/mol. The lowest BCUT2D eigenvalue weighted by molar-refractivity contribution is 0.490. The van der Waals surface area contributed by atoms with Crippen molar-refractivity contribution >= 4 is 22.2 Å². The van der Waals surface area contributed by atoms with Crippen LogP contribution in [0, 0.1) is 0 Å². The van der Waals surface area contributed by atoms with Gasteiger partial charge in [0, 0.05) is 10.5 Å². The van der Waals surface area contributed by atoms with Crippen LogP contribution in [-0.4, -0.2) is 28.0 Å². The Morgan fingerprint density at radius 2 is 1.31 bits per heavy atom. The molecule has 0 aliphatic carbocycles. The summed E-state index contributed by atoms with van der Waals surface area (Å²) in [6, 6.07) is 0. The lowest BCUT2D eigenvalue weighted by Crippen LogP contribution is -2.24. The van der Waals surface area contributed by atoms with Gasteiger partial charge in [-0.15, -0.1) is 0 Å². The topological polar surface area (TPSA) is 80.3 Å². The molecule has 4 unspecified atom stereocenters. The highest BCUT2D eigenvalue weighted by Crippen LogP contribution is 2.14. The van der Waals surface area contributed by atoms with Gasteiger partial charge in [-0.2, -0.15) is 0 Å². The minimum atomic E-state index is -2.17. The first-order valence-electron chi connectivity index (χ1n) is 4.19. The summed E-state index contributed by atoms with van der Waals surface area (Å²) < 4.78 is 42.4. The van der Waals surface area contributed by atoms with Crippen molar-refractivity contribution in [3.8, 4) is 0 Å². The van der Waals surface area contributed by atoms with E-state index in [1.165, 1.54) is 0 Å². The maximum atomic E-state index is 10.6. The van der Waals surface area contributed by atoms with Crippen LogP contribution < -0.4 is 0 Å². The molecule has 0 spiro atoms. The molecule has 0 bridgehead atoms. The molecule has 0 saturated heterocycles. The fourth-order valence-corrected chi connectivity index (χ4v) is 2.50. The first-order valence-corrected chi connectivity index (χ1v) is 6.46. The van der Waals surface area contributed by atoms with Gasteiger partial charge in [0.1, 0.15) is 0 Å². The standard InChI is InChI=1S/C7H16O4S2/c1-3-6(12(8)9)5-7(4-2)13(10)11/h6-7H,3-5H2,1-2H3,(H,8,9)(H,10,11)/p-2. The predicted octanol–water partition coefficient (Wildman–Crippen LogP) is 0.692. The first kappa shape index (κ1) is 13.2. The molecule has 6 heteroatoms. The Morgan fingerprint density at radius 1 is 1.00 bits per heavy atom. The second-order valence-corrected chi connectivity index (χ2v) is 5.19. The SMILES string of the molecule is CCC(CC(CC)S(=O)[O-])S(=O)[O-]. The highest BCUT2D eigenvalue weighted by atomic mass is 32.2. The summed E-state index contributed by atoms with van der Waals surface area (Å²) in [6.45, 7) is 3.47. The molecule has 0 aliphatic heterocycles. The third-order valence-corrected chi connectivity index (χ3v) is 4.12. The van der Waals surface area contributed by atoms with E-state index < -0.39 is 32.7 Å². The minimum absolute atomic E-state index is 0.208. The van der Waals surface area contributed by atoms with Gasteiger partial charge in [-0.05, 0) is 19.3 Å². The quantitative estimate of drug-likeness (QED) is 0.624. The van der Waals surface area contributed by atoms with Gasteiger partial charge < -0.3 is 9.11 Å². The second-order valence-electron chi connectivity index (χ2n) is 2.82. The van der Waals surface area contributed by atoms with E-state index in [0.717, 1.165) is 0 Å². The summed E-state index contributed by atoms with van der Waals surface area (Å²) >= 11 is -4.33. The summed E-state index contributed by atoms with van der Waals surface area (Å²) in [5.74, 6) is 0. The van der Waals surface area contributed by atoms with Crippen LogP contribution in [0.15, 0.2) is 0 Å². The van der Waals surface area contributed by atoms with E-state index >= 15 is 0 Å². The molecule has 0 aromatic carbocycles. The molecule has 0 rings (SSSR count). The Balaban J connectivity index is 4.19.